The molecule has 1 aliphatic rings. The lowest BCUT2D eigenvalue weighted by molar-refractivity contribution is -0.141. The van der Waals surface area contributed by atoms with Crippen molar-refractivity contribution in [1.29, 1.82) is 0 Å². The van der Waals surface area contributed by atoms with Gasteiger partial charge in [0.05, 0.1) is 0 Å². The van der Waals surface area contributed by atoms with Crippen LogP contribution in [0.15, 0.2) is 18.7 Å². The zero-order valence-electron chi connectivity index (χ0n) is 8.79. The van der Waals surface area contributed by atoms with Gasteiger partial charge in [-0.05, 0) is 0 Å². The molecule has 2 rings (SSSR count). The molecule has 1 aliphatic heterocycles. The first-order valence-corrected chi connectivity index (χ1v) is 4.97. The van der Waals surface area contributed by atoms with Crippen molar-refractivity contribution >= 4 is 11.7 Å². The summed E-state index contributed by atoms with van der Waals surface area (Å²) in [7, 11) is 0. The highest BCUT2D eigenvalue weighted by Crippen LogP contribution is 2.31. The molecular formula is C10H10F3N3O. The molecular weight excluding hydrogens is 235 g/mol. The van der Waals surface area contributed by atoms with E-state index in [4.69, 9.17) is 0 Å². The lowest BCUT2D eigenvalue weighted by Crippen LogP contribution is -2.24. The van der Waals surface area contributed by atoms with Gasteiger partial charge in [0.2, 0.25) is 5.91 Å². The Hall–Kier alpha value is -1.79. The fourth-order valence-electron chi connectivity index (χ4n) is 1.71. The van der Waals surface area contributed by atoms with Gasteiger partial charge in [-0.1, -0.05) is 6.08 Å². The van der Waals surface area contributed by atoms with Crippen molar-refractivity contribution in [3.8, 4) is 0 Å². The molecule has 7 heteroatoms. The molecule has 1 aromatic heterocycles. The second-order valence-corrected chi connectivity index (χ2v) is 3.84. The lowest BCUT2D eigenvalue weighted by atomic mass is 10.1. The molecule has 1 saturated heterocycles. The van der Waals surface area contributed by atoms with Crippen molar-refractivity contribution in [3.63, 3.8) is 0 Å². The molecule has 0 radical (unpaired) electrons. The first kappa shape index (κ1) is 11.7. The van der Waals surface area contributed by atoms with Crippen LogP contribution < -0.4 is 4.90 Å². The Bertz CT molecular complexity index is 452. The number of hydrogen-bond donors (Lipinski definition) is 1. The number of hydrogen-bond acceptors (Lipinski definition) is 2. The molecule has 1 unspecified atom stereocenters. The van der Waals surface area contributed by atoms with Gasteiger partial charge in [0, 0.05) is 24.9 Å². The molecule has 0 aromatic carbocycles. The van der Waals surface area contributed by atoms with Gasteiger partial charge in [-0.3, -0.25) is 14.8 Å². The number of nitrogens with zero attached hydrogens (tertiary/aromatic N) is 2. The number of aromatic nitrogens is 2. The molecule has 0 aliphatic carbocycles. The van der Waals surface area contributed by atoms with Crippen molar-refractivity contribution < 1.29 is 18.0 Å². The third-order valence-electron chi connectivity index (χ3n) is 2.63. The fourth-order valence-corrected chi connectivity index (χ4v) is 1.71. The van der Waals surface area contributed by atoms with E-state index >= 15 is 0 Å². The monoisotopic (exact) mass is 245 g/mol. The SMILES string of the molecule is C=CC1CC(=O)N(c2cc(C(F)(F)F)[nH]n2)C1. The number of aromatic amines is 1. The average Bonchev–Trinajstić information content (AvgIpc) is 2.82. The van der Waals surface area contributed by atoms with Crippen LogP contribution in [0.5, 0.6) is 0 Å². The molecule has 0 saturated carbocycles. The summed E-state index contributed by atoms with van der Waals surface area (Å²) in [5.41, 5.74) is -0.956. The summed E-state index contributed by atoms with van der Waals surface area (Å²) in [6.07, 6.45) is -2.60. The molecule has 2 heterocycles. The Morgan fingerprint density at radius 3 is 2.76 bits per heavy atom. The van der Waals surface area contributed by atoms with Gasteiger partial charge < -0.3 is 0 Å². The molecule has 1 amide bonds. The number of amides is 1. The van der Waals surface area contributed by atoms with Gasteiger partial charge >= 0.3 is 6.18 Å². The minimum Gasteiger partial charge on any atom is -0.295 e. The van der Waals surface area contributed by atoms with Crippen LogP contribution in [-0.2, 0) is 11.0 Å². The maximum Gasteiger partial charge on any atom is 0.432 e. The Morgan fingerprint density at radius 2 is 2.29 bits per heavy atom. The highest BCUT2D eigenvalue weighted by molar-refractivity contribution is 5.95. The van der Waals surface area contributed by atoms with Crippen LogP contribution in [0.4, 0.5) is 19.0 Å². The molecule has 0 bridgehead atoms. The summed E-state index contributed by atoms with van der Waals surface area (Å²) in [5.74, 6) is -0.268. The van der Waals surface area contributed by atoms with Gasteiger partial charge in [0.15, 0.2) is 5.82 Å². The zero-order chi connectivity index (χ0) is 12.6. The standard InChI is InChI=1S/C10H10F3N3O/c1-2-6-3-9(17)16(5-6)8-4-7(14-15-8)10(11,12)13/h2,4,6H,1,3,5H2,(H,14,15). The highest BCUT2D eigenvalue weighted by Gasteiger charge is 2.36. The first-order chi connectivity index (χ1) is 7.91. The molecule has 92 valence electrons. The summed E-state index contributed by atoms with van der Waals surface area (Å²) in [5, 5.41) is 5.39. The fraction of sp³-hybridized carbons (Fsp3) is 0.400. The van der Waals surface area contributed by atoms with Gasteiger partial charge in [0.25, 0.3) is 0 Å². The number of rotatable bonds is 2. The molecule has 17 heavy (non-hydrogen) atoms. The molecule has 1 aromatic rings. The minimum atomic E-state index is -4.48. The molecule has 1 fully saturated rings. The number of carbonyl (C=O) groups is 1. The van der Waals surface area contributed by atoms with E-state index in [9.17, 15) is 18.0 Å². The van der Waals surface area contributed by atoms with Crippen molar-refractivity contribution in [3.05, 3.63) is 24.4 Å². The number of carbonyl (C=O) groups excluding carboxylic acids is 1. The van der Waals surface area contributed by atoms with Crippen LogP contribution in [0.1, 0.15) is 12.1 Å². The number of nitrogens with one attached hydrogen (secondary N) is 1. The van der Waals surface area contributed by atoms with Crippen LogP contribution in [0.3, 0.4) is 0 Å². The normalized spacial score (nSPS) is 21.0. The second-order valence-electron chi connectivity index (χ2n) is 3.84. The Kier molecular flexibility index (Phi) is 2.68. The summed E-state index contributed by atoms with van der Waals surface area (Å²) in [4.78, 5) is 12.8. The molecule has 1 atom stereocenters. The number of alkyl halides is 3. The van der Waals surface area contributed by atoms with E-state index < -0.39 is 11.9 Å². The first-order valence-electron chi connectivity index (χ1n) is 4.97. The van der Waals surface area contributed by atoms with Gasteiger partial charge in [-0.2, -0.15) is 18.3 Å². The maximum atomic E-state index is 12.3. The van der Waals surface area contributed by atoms with Crippen LogP contribution in [-0.4, -0.2) is 22.6 Å². The number of anilines is 1. The highest BCUT2D eigenvalue weighted by atomic mass is 19.4. The third kappa shape index (κ3) is 2.17. The Balaban J connectivity index is 2.21. The van der Waals surface area contributed by atoms with Crippen molar-refractivity contribution in [1.82, 2.24) is 10.2 Å². The largest absolute Gasteiger partial charge is 0.432 e. The van der Waals surface area contributed by atoms with Crippen LogP contribution in [0.25, 0.3) is 0 Å². The number of H-pyrrole nitrogens is 1. The van der Waals surface area contributed by atoms with E-state index in [0.29, 0.717) is 6.54 Å². The summed E-state index contributed by atoms with van der Waals surface area (Å²) < 4.78 is 37.0. The summed E-state index contributed by atoms with van der Waals surface area (Å²) >= 11 is 0. The van der Waals surface area contributed by atoms with E-state index in [1.54, 1.807) is 6.08 Å². The van der Waals surface area contributed by atoms with Gasteiger partial charge in [-0.25, -0.2) is 0 Å². The summed E-state index contributed by atoms with van der Waals surface area (Å²) in [6, 6.07) is 0.837. The predicted molar refractivity (Wildman–Crippen MR) is 54.2 cm³/mol. The second kappa shape index (κ2) is 3.90. The zero-order valence-corrected chi connectivity index (χ0v) is 8.79. The van der Waals surface area contributed by atoms with E-state index in [1.807, 2.05) is 5.10 Å². The average molecular weight is 245 g/mol. The quantitative estimate of drug-likeness (QED) is 0.810. The Morgan fingerprint density at radius 1 is 1.59 bits per heavy atom. The van der Waals surface area contributed by atoms with Gasteiger partial charge in [-0.15, -0.1) is 6.58 Å². The number of halogens is 3. The van der Waals surface area contributed by atoms with Crippen molar-refractivity contribution in [2.24, 2.45) is 5.92 Å². The predicted octanol–water partition coefficient (Wildman–Crippen LogP) is 1.97. The Labute approximate surface area is 95.1 Å². The third-order valence-corrected chi connectivity index (χ3v) is 2.63. The van der Waals surface area contributed by atoms with E-state index in [0.717, 1.165) is 6.07 Å². The minimum absolute atomic E-state index is 0.00618. The van der Waals surface area contributed by atoms with Crippen molar-refractivity contribution in [2.45, 2.75) is 12.6 Å². The molecule has 0 spiro atoms. The molecule has 1 N–H and O–H groups in total. The van der Waals surface area contributed by atoms with E-state index in [-0.39, 0.29) is 24.1 Å². The van der Waals surface area contributed by atoms with E-state index in [2.05, 4.69) is 11.7 Å². The van der Waals surface area contributed by atoms with Crippen molar-refractivity contribution in [2.75, 3.05) is 11.4 Å². The van der Waals surface area contributed by atoms with E-state index in [1.165, 1.54) is 4.90 Å². The van der Waals surface area contributed by atoms with Gasteiger partial charge in [0.1, 0.15) is 5.69 Å². The smallest absolute Gasteiger partial charge is 0.295 e. The lowest BCUT2D eigenvalue weighted by Gasteiger charge is -2.11. The molecule has 4 nitrogen and oxygen atoms in total. The summed E-state index contributed by atoms with van der Waals surface area (Å²) in [6.45, 7) is 3.89. The topological polar surface area (TPSA) is 49.0 Å². The van der Waals surface area contributed by atoms with Crippen LogP contribution in [0.2, 0.25) is 0 Å². The van der Waals surface area contributed by atoms with Crippen LogP contribution in [0, 0.1) is 5.92 Å². The maximum absolute atomic E-state index is 12.3. The van der Waals surface area contributed by atoms with Crippen LogP contribution >= 0.6 is 0 Å².